The smallest absolute Gasteiger partial charge is 0.314 e. The van der Waals surface area contributed by atoms with Gasteiger partial charge in [-0.15, -0.1) is 5.10 Å². The van der Waals surface area contributed by atoms with E-state index in [9.17, 15) is 25.2 Å². The number of aromatic amines is 1. The van der Waals surface area contributed by atoms with Gasteiger partial charge in [0.05, 0.1) is 19.8 Å². The van der Waals surface area contributed by atoms with E-state index in [1.165, 1.54) is 0 Å². The lowest BCUT2D eigenvalue weighted by molar-refractivity contribution is -0.278. The average molecular weight is 578 g/mol. The first kappa shape index (κ1) is 31.2. The molecule has 0 saturated carbocycles. The maximum Gasteiger partial charge on any atom is 0.314 e. The molecule has 2 saturated heterocycles. The van der Waals surface area contributed by atoms with Crippen LogP contribution in [0.2, 0.25) is 0 Å². The Balaban J connectivity index is 1.29. The van der Waals surface area contributed by atoms with Gasteiger partial charge in [0.25, 0.3) is 0 Å². The summed E-state index contributed by atoms with van der Waals surface area (Å²) in [5.41, 5.74) is 3.72. The number of carbonyl (C=O) groups is 1. The monoisotopic (exact) mass is 577 g/mol. The Kier molecular flexibility index (Phi) is 11.3. The maximum atomic E-state index is 12.1. The van der Waals surface area contributed by atoms with Gasteiger partial charge < -0.3 is 45.3 Å². The molecule has 5 atom stereocenters. The molecule has 0 spiro atoms. The fourth-order valence-electron chi connectivity index (χ4n) is 4.94. The predicted molar refractivity (Wildman–Crippen MR) is 149 cm³/mol. The van der Waals surface area contributed by atoms with Crippen LogP contribution in [-0.2, 0) is 22.3 Å². The van der Waals surface area contributed by atoms with Crippen molar-refractivity contribution in [2.75, 3.05) is 52.5 Å². The van der Waals surface area contributed by atoms with E-state index >= 15 is 0 Å². The first-order chi connectivity index (χ1) is 19.8. The number of urea groups is 1. The lowest BCUT2D eigenvalue weighted by atomic mass is 9.98. The molecule has 2 amide bonds. The Morgan fingerprint density at radius 2 is 1.76 bits per heavy atom. The summed E-state index contributed by atoms with van der Waals surface area (Å²) >= 11 is 0. The van der Waals surface area contributed by atoms with Crippen LogP contribution in [0.1, 0.15) is 42.1 Å². The number of rotatable bonds is 12. The van der Waals surface area contributed by atoms with E-state index in [-0.39, 0.29) is 17.8 Å². The van der Waals surface area contributed by atoms with Crippen LogP contribution in [-0.4, -0.2) is 125 Å². The van der Waals surface area contributed by atoms with Gasteiger partial charge in [-0.05, 0) is 23.5 Å². The number of aliphatic hydroxyl groups is 4. The van der Waals surface area contributed by atoms with Crippen molar-refractivity contribution in [1.82, 2.24) is 25.7 Å². The number of hydrogen-bond donors (Lipinski definition) is 7. The van der Waals surface area contributed by atoms with Crippen LogP contribution in [0.4, 0.5) is 4.79 Å². The predicted octanol–water partition coefficient (Wildman–Crippen LogP) is -0.523. The van der Waals surface area contributed by atoms with Gasteiger partial charge in [0, 0.05) is 50.4 Å². The highest BCUT2D eigenvalue weighted by molar-refractivity contribution is 5.73. The van der Waals surface area contributed by atoms with Crippen LogP contribution in [0.15, 0.2) is 24.3 Å². The van der Waals surface area contributed by atoms with Gasteiger partial charge in [0.2, 0.25) is 12.2 Å². The Hall–Kier alpha value is -2.78. The standard InChI is InChI=1S/C28H43N5O8/c1-17(2)22-20(26(32-31-22)41-27-25(37)24(36)23(35)21(16-34)40-27)15-19-5-3-18(4-6-19)7-8-29-28(38)30-9-10-33-11-13-39-14-12-33/h3-6,17,21,23-25,27,34-37H,7-16H2,1-2H3,(H,31,32)(H2,29,30,38)/t21-,23-,24+,25-,27+/m1/s1. The largest absolute Gasteiger partial charge is 0.443 e. The number of nitrogens with one attached hydrogen (secondary N) is 3. The number of nitrogens with zero attached hydrogens (tertiary/aromatic N) is 2. The summed E-state index contributed by atoms with van der Waals surface area (Å²) < 4.78 is 16.7. The van der Waals surface area contributed by atoms with Crippen LogP contribution < -0.4 is 15.4 Å². The van der Waals surface area contributed by atoms with Crippen LogP contribution in [0, 0.1) is 0 Å². The molecule has 1 aromatic heterocycles. The molecular weight excluding hydrogens is 534 g/mol. The summed E-state index contributed by atoms with van der Waals surface area (Å²) in [6.07, 6.45) is -5.76. The average Bonchev–Trinajstić information content (AvgIpc) is 3.37. The molecule has 13 heteroatoms. The number of H-pyrrole nitrogens is 1. The number of morpholine rings is 1. The molecular formula is C28H43N5O8. The maximum absolute atomic E-state index is 12.1. The van der Waals surface area contributed by atoms with Gasteiger partial charge in [-0.3, -0.25) is 10.00 Å². The third kappa shape index (κ3) is 8.38. The van der Waals surface area contributed by atoms with Crippen LogP contribution in [0.5, 0.6) is 5.88 Å². The molecule has 2 fully saturated rings. The highest BCUT2D eigenvalue weighted by atomic mass is 16.7. The number of amides is 2. The van der Waals surface area contributed by atoms with Gasteiger partial charge in [-0.1, -0.05) is 38.1 Å². The van der Waals surface area contributed by atoms with E-state index in [2.05, 4.69) is 25.7 Å². The number of aliphatic hydroxyl groups excluding tert-OH is 4. The fraction of sp³-hybridized carbons (Fsp3) is 0.643. The van der Waals surface area contributed by atoms with E-state index in [1.54, 1.807) is 0 Å². The molecule has 2 aliphatic rings. The molecule has 0 bridgehead atoms. The summed E-state index contributed by atoms with van der Waals surface area (Å²) in [6.45, 7) is 8.67. The van der Waals surface area contributed by atoms with E-state index in [1.807, 2.05) is 38.1 Å². The van der Waals surface area contributed by atoms with Crippen molar-refractivity contribution in [2.24, 2.45) is 0 Å². The van der Waals surface area contributed by atoms with Crippen molar-refractivity contribution in [3.63, 3.8) is 0 Å². The van der Waals surface area contributed by atoms with Crippen LogP contribution >= 0.6 is 0 Å². The summed E-state index contributed by atoms with van der Waals surface area (Å²) in [6, 6.07) is 7.86. The topological polar surface area (TPSA) is 182 Å². The first-order valence-electron chi connectivity index (χ1n) is 14.2. The van der Waals surface area contributed by atoms with E-state index in [4.69, 9.17) is 14.2 Å². The van der Waals surface area contributed by atoms with Gasteiger partial charge in [-0.25, -0.2) is 4.79 Å². The zero-order valence-electron chi connectivity index (χ0n) is 23.7. The van der Waals surface area contributed by atoms with Gasteiger partial charge in [0.15, 0.2) is 0 Å². The number of ether oxygens (including phenoxy) is 3. The minimum absolute atomic E-state index is 0.106. The second-order valence-electron chi connectivity index (χ2n) is 10.8. The molecule has 1 aromatic carbocycles. The lowest BCUT2D eigenvalue weighted by Gasteiger charge is -2.39. The summed E-state index contributed by atoms with van der Waals surface area (Å²) in [4.78, 5) is 14.4. The first-order valence-corrected chi connectivity index (χ1v) is 14.2. The van der Waals surface area contributed by atoms with E-state index in [0.717, 1.165) is 55.2 Å². The van der Waals surface area contributed by atoms with Gasteiger partial charge in [-0.2, -0.15) is 0 Å². The van der Waals surface area contributed by atoms with Crippen molar-refractivity contribution in [2.45, 2.75) is 63.3 Å². The fourth-order valence-corrected chi connectivity index (χ4v) is 4.94. The van der Waals surface area contributed by atoms with Gasteiger partial charge in [0.1, 0.15) is 24.4 Å². The molecule has 2 aliphatic heterocycles. The Morgan fingerprint density at radius 3 is 2.44 bits per heavy atom. The minimum Gasteiger partial charge on any atom is -0.443 e. The molecule has 3 heterocycles. The van der Waals surface area contributed by atoms with Crippen molar-refractivity contribution in [3.8, 4) is 5.88 Å². The third-order valence-corrected chi connectivity index (χ3v) is 7.44. The molecule has 4 rings (SSSR count). The molecule has 41 heavy (non-hydrogen) atoms. The molecule has 0 unspecified atom stereocenters. The highest BCUT2D eigenvalue weighted by Gasteiger charge is 2.45. The second-order valence-corrected chi connectivity index (χ2v) is 10.8. The normalized spacial score (nSPS) is 25.3. The third-order valence-electron chi connectivity index (χ3n) is 7.44. The molecule has 0 aliphatic carbocycles. The Bertz CT molecular complexity index is 1090. The highest BCUT2D eigenvalue weighted by Crippen LogP contribution is 2.31. The summed E-state index contributed by atoms with van der Waals surface area (Å²) in [5.74, 6) is 0.320. The number of carbonyl (C=O) groups excluding carboxylic acids is 1. The Labute approximate surface area is 239 Å². The molecule has 7 N–H and O–H groups in total. The van der Waals surface area contributed by atoms with Crippen LogP contribution in [0.3, 0.4) is 0 Å². The second kappa shape index (κ2) is 14.9. The lowest BCUT2D eigenvalue weighted by Crippen LogP contribution is -2.60. The molecule has 0 radical (unpaired) electrons. The van der Waals surface area contributed by atoms with Crippen molar-refractivity contribution < 1.29 is 39.4 Å². The SMILES string of the molecule is CC(C)c1[nH]nc(O[C@@H]2O[C@H](CO)[C@@H](O)[C@H](O)[C@H]2O)c1Cc1ccc(CCNC(=O)NCCN2CCOCC2)cc1. The van der Waals surface area contributed by atoms with E-state index < -0.39 is 37.3 Å². The van der Waals surface area contributed by atoms with Crippen LogP contribution in [0.25, 0.3) is 0 Å². The van der Waals surface area contributed by atoms with Gasteiger partial charge >= 0.3 is 6.03 Å². The number of hydrogen-bond acceptors (Lipinski definition) is 10. The zero-order chi connectivity index (χ0) is 29.4. The molecule has 2 aromatic rings. The van der Waals surface area contributed by atoms with Crippen molar-refractivity contribution in [1.29, 1.82) is 0 Å². The Morgan fingerprint density at radius 1 is 1.07 bits per heavy atom. The zero-order valence-corrected chi connectivity index (χ0v) is 23.7. The minimum atomic E-state index is -1.54. The number of benzene rings is 1. The summed E-state index contributed by atoms with van der Waals surface area (Å²) in [5, 5.41) is 53.1. The quantitative estimate of drug-likeness (QED) is 0.173. The van der Waals surface area contributed by atoms with Crippen molar-refractivity contribution >= 4 is 6.03 Å². The molecule has 228 valence electrons. The number of aromatic nitrogens is 2. The van der Waals surface area contributed by atoms with E-state index in [0.29, 0.717) is 25.9 Å². The van der Waals surface area contributed by atoms with Crippen molar-refractivity contribution in [3.05, 3.63) is 46.6 Å². The summed E-state index contributed by atoms with van der Waals surface area (Å²) in [7, 11) is 0. The molecule has 13 nitrogen and oxygen atoms in total.